The number of halogens is 1. The average molecular weight is 253 g/mol. The van der Waals surface area contributed by atoms with E-state index in [4.69, 9.17) is 11.6 Å². The zero-order valence-electron chi connectivity index (χ0n) is 11.2. The molecule has 1 aromatic carbocycles. The first kappa shape index (κ1) is 14.6. The fourth-order valence-electron chi connectivity index (χ4n) is 2.44. The van der Waals surface area contributed by atoms with Crippen molar-refractivity contribution in [3.63, 3.8) is 0 Å². The first-order chi connectivity index (χ1) is 8.26. The van der Waals surface area contributed by atoms with Crippen LogP contribution in [0.5, 0.6) is 0 Å². The van der Waals surface area contributed by atoms with E-state index in [1.54, 1.807) is 0 Å². The maximum absolute atomic E-state index is 6.03. The zero-order valence-corrected chi connectivity index (χ0v) is 12.0. The molecule has 0 saturated heterocycles. The number of hydrogen-bond acceptors (Lipinski definition) is 0. The highest BCUT2D eigenvalue weighted by Gasteiger charge is 2.08. The molecule has 0 aliphatic rings. The average Bonchev–Trinajstić information content (AvgIpc) is 2.29. The Bertz CT molecular complexity index is 306. The minimum Gasteiger partial charge on any atom is -0.0843 e. The first-order valence-corrected chi connectivity index (χ1v) is 7.38. The van der Waals surface area contributed by atoms with E-state index in [1.165, 1.54) is 50.5 Å². The summed E-state index contributed by atoms with van der Waals surface area (Å²) in [5, 5.41) is 0.867. The standard InChI is InChI=1S/C16H25Cl/c1-3-5-6-9-14(8-4-2)12-15-10-7-11-16(17)13-15/h7,10-11,13-14H,3-6,8-9,12H2,1-2H3. The Morgan fingerprint density at radius 2 is 1.88 bits per heavy atom. The summed E-state index contributed by atoms with van der Waals surface area (Å²) in [5.41, 5.74) is 1.40. The van der Waals surface area contributed by atoms with Crippen molar-refractivity contribution in [2.24, 2.45) is 5.92 Å². The van der Waals surface area contributed by atoms with E-state index < -0.39 is 0 Å². The molecule has 0 fully saturated rings. The van der Waals surface area contributed by atoms with Gasteiger partial charge in [-0.3, -0.25) is 0 Å². The van der Waals surface area contributed by atoms with Crippen molar-refractivity contribution in [1.82, 2.24) is 0 Å². The quantitative estimate of drug-likeness (QED) is 0.507. The van der Waals surface area contributed by atoms with Crippen LogP contribution in [0.4, 0.5) is 0 Å². The highest BCUT2D eigenvalue weighted by Crippen LogP contribution is 2.22. The maximum Gasteiger partial charge on any atom is 0.0408 e. The van der Waals surface area contributed by atoms with Gasteiger partial charge in [-0.15, -0.1) is 0 Å². The van der Waals surface area contributed by atoms with Crippen molar-refractivity contribution in [2.45, 2.75) is 58.8 Å². The van der Waals surface area contributed by atoms with Crippen LogP contribution in [-0.2, 0) is 6.42 Å². The van der Waals surface area contributed by atoms with Crippen LogP contribution in [0, 0.1) is 5.92 Å². The Hall–Kier alpha value is -0.490. The van der Waals surface area contributed by atoms with Gasteiger partial charge in [0, 0.05) is 5.02 Å². The Balaban J connectivity index is 2.47. The van der Waals surface area contributed by atoms with Crippen LogP contribution < -0.4 is 0 Å². The van der Waals surface area contributed by atoms with Crippen molar-refractivity contribution in [3.05, 3.63) is 34.9 Å². The van der Waals surface area contributed by atoms with Crippen molar-refractivity contribution in [1.29, 1.82) is 0 Å². The summed E-state index contributed by atoms with van der Waals surface area (Å²) < 4.78 is 0. The lowest BCUT2D eigenvalue weighted by atomic mass is 9.90. The molecule has 0 heterocycles. The molecule has 0 aliphatic heterocycles. The molecule has 1 heteroatoms. The van der Waals surface area contributed by atoms with Crippen LogP contribution >= 0.6 is 11.6 Å². The predicted molar refractivity (Wildman–Crippen MR) is 77.7 cm³/mol. The molecule has 1 unspecified atom stereocenters. The summed E-state index contributed by atoms with van der Waals surface area (Å²) >= 11 is 6.03. The molecule has 17 heavy (non-hydrogen) atoms. The Labute approximate surface area is 111 Å². The van der Waals surface area contributed by atoms with E-state index in [-0.39, 0.29) is 0 Å². The van der Waals surface area contributed by atoms with Gasteiger partial charge in [0.25, 0.3) is 0 Å². The summed E-state index contributed by atoms with van der Waals surface area (Å²) in [6, 6.07) is 8.34. The monoisotopic (exact) mass is 252 g/mol. The molecule has 0 N–H and O–H groups in total. The normalized spacial score (nSPS) is 12.6. The molecule has 0 nitrogen and oxygen atoms in total. The van der Waals surface area contributed by atoms with Gasteiger partial charge in [-0.1, -0.05) is 76.1 Å². The lowest BCUT2D eigenvalue weighted by Crippen LogP contribution is -2.04. The van der Waals surface area contributed by atoms with E-state index >= 15 is 0 Å². The number of benzene rings is 1. The number of rotatable bonds is 8. The summed E-state index contributed by atoms with van der Waals surface area (Å²) in [7, 11) is 0. The van der Waals surface area contributed by atoms with Gasteiger partial charge in [-0.25, -0.2) is 0 Å². The van der Waals surface area contributed by atoms with Crippen LogP contribution in [-0.4, -0.2) is 0 Å². The maximum atomic E-state index is 6.03. The minimum atomic E-state index is 0.838. The Kier molecular flexibility index (Phi) is 7.35. The summed E-state index contributed by atoms with van der Waals surface area (Å²) in [5.74, 6) is 0.838. The van der Waals surface area contributed by atoms with Crippen molar-refractivity contribution in [3.8, 4) is 0 Å². The molecule has 1 aromatic rings. The molecular formula is C16H25Cl. The van der Waals surface area contributed by atoms with Gasteiger partial charge in [0.1, 0.15) is 0 Å². The van der Waals surface area contributed by atoms with Gasteiger partial charge < -0.3 is 0 Å². The number of unbranched alkanes of at least 4 members (excludes halogenated alkanes) is 2. The molecule has 0 amide bonds. The van der Waals surface area contributed by atoms with Gasteiger partial charge in [0.05, 0.1) is 0 Å². The molecule has 1 atom stereocenters. The molecule has 0 saturated carbocycles. The van der Waals surface area contributed by atoms with Crippen LogP contribution in [0.25, 0.3) is 0 Å². The lowest BCUT2D eigenvalue weighted by molar-refractivity contribution is 0.422. The Morgan fingerprint density at radius 1 is 1.06 bits per heavy atom. The van der Waals surface area contributed by atoms with Crippen LogP contribution in [0.15, 0.2) is 24.3 Å². The molecule has 1 rings (SSSR count). The van der Waals surface area contributed by atoms with E-state index in [2.05, 4.69) is 32.0 Å². The second-order valence-electron chi connectivity index (χ2n) is 4.98. The lowest BCUT2D eigenvalue weighted by Gasteiger charge is -2.16. The van der Waals surface area contributed by atoms with E-state index in [0.29, 0.717) is 0 Å². The van der Waals surface area contributed by atoms with Crippen molar-refractivity contribution in [2.75, 3.05) is 0 Å². The highest BCUT2D eigenvalue weighted by atomic mass is 35.5. The van der Waals surface area contributed by atoms with Crippen molar-refractivity contribution < 1.29 is 0 Å². The van der Waals surface area contributed by atoms with Gasteiger partial charge >= 0.3 is 0 Å². The predicted octanol–water partition coefficient (Wildman–Crippen LogP) is 5.88. The van der Waals surface area contributed by atoms with Gasteiger partial charge in [-0.05, 0) is 30.0 Å². The third-order valence-electron chi connectivity index (χ3n) is 3.33. The first-order valence-electron chi connectivity index (χ1n) is 7.00. The molecule has 96 valence electrons. The fraction of sp³-hybridized carbons (Fsp3) is 0.625. The Morgan fingerprint density at radius 3 is 2.53 bits per heavy atom. The van der Waals surface area contributed by atoms with Crippen LogP contribution in [0.2, 0.25) is 5.02 Å². The molecule has 0 spiro atoms. The topological polar surface area (TPSA) is 0 Å². The smallest absolute Gasteiger partial charge is 0.0408 e. The third-order valence-corrected chi connectivity index (χ3v) is 3.56. The molecule has 0 radical (unpaired) electrons. The summed E-state index contributed by atoms with van der Waals surface area (Å²) in [6.07, 6.45) is 9.26. The van der Waals surface area contributed by atoms with Crippen LogP contribution in [0.1, 0.15) is 57.9 Å². The molecule has 0 aromatic heterocycles. The summed E-state index contributed by atoms with van der Waals surface area (Å²) in [4.78, 5) is 0. The second-order valence-corrected chi connectivity index (χ2v) is 5.42. The van der Waals surface area contributed by atoms with Gasteiger partial charge in [0.15, 0.2) is 0 Å². The zero-order chi connectivity index (χ0) is 12.5. The number of hydrogen-bond donors (Lipinski definition) is 0. The molecular weight excluding hydrogens is 228 g/mol. The van der Waals surface area contributed by atoms with Gasteiger partial charge in [0.2, 0.25) is 0 Å². The highest BCUT2D eigenvalue weighted by molar-refractivity contribution is 6.30. The van der Waals surface area contributed by atoms with Gasteiger partial charge in [-0.2, -0.15) is 0 Å². The minimum absolute atomic E-state index is 0.838. The second kappa shape index (κ2) is 8.58. The third kappa shape index (κ3) is 6.12. The van der Waals surface area contributed by atoms with Crippen molar-refractivity contribution >= 4 is 11.6 Å². The SMILES string of the molecule is CCCCCC(CCC)Cc1cccc(Cl)c1. The summed E-state index contributed by atoms with van der Waals surface area (Å²) in [6.45, 7) is 4.55. The largest absolute Gasteiger partial charge is 0.0843 e. The van der Waals surface area contributed by atoms with E-state index in [9.17, 15) is 0 Å². The fourth-order valence-corrected chi connectivity index (χ4v) is 2.65. The van der Waals surface area contributed by atoms with Crippen LogP contribution in [0.3, 0.4) is 0 Å². The molecule has 0 aliphatic carbocycles. The molecule has 0 bridgehead atoms. The van der Waals surface area contributed by atoms with E-state index in [0.717, 1.165) is 10.9 Å². The van der Waals surface area contributed by atoms with E-state index in [1.807, 2.05) is 6.07 Å².